The van der Waals surface area contributed by atoms with E-state index < -0.39 is 0 Å². The highest BCUT2D eigenvalue weighted by molar-refractivity contribution is 5.55. The lowest BCUT2D eigenvalue weighted by Crippen LogP contribution is -2.46. The summed E-state index contributed by atoms with van der Waals surface area (Å²) in [6.07, 6.45) is 4.16. The van der Waals surface area contributed by atoms with E-state index in [9.17, 15) is 0 Å². The monoisotopic (exact) mass is 258 g/mol. The summed E-state index contributed by atoms with van der Waals surface area (Å²) < 4.78 is 0. The smallest absolute Gasteiger partial charge is 0.0414 e. The van der Waals surface area contributed by atoms with E-state index in [4.69, 9.17) is 0 Å². The zero-order valence-corrected chi connectivity index (χ0v) is 12.2. The number of anilines is 1. The summed E-state index contributed by atoms with van der Waals surface area (Å²) in [7, 11) is 0. The molecule has 1 aromatic carbocycles. The first kappa shape index (κ1) is 13.0. The van der Waals surface area contributed by atoms with Gasteiger partial charge in [0.1, 0.15) is 0 Å². The molecule has 19 heavy (non-hydrogen) atoms. The Morgan fingerprint density at radius 3 is 2.89 bits per heavy atom. The summed E-state index contributed by atoms with van der Waals surface area (Å²) in [5, 5.41) is 3.56. The molecule has 2 heteroatoms. The number of para-hydroxylation sites is 1. The molecule has 1 saturated carbocycles. The third-order valence-electron chi connectivity index (χ3n) is 5.21. The maximum absolute atomic E-state index is 3.56. The molecular weight excluding hydrogens is 232 g/mol. The maximum Gasteiger partial charge on any atom is 0.0414 e. The standard InChI is InChI=1S/C17H26N2/c1-13-6-5-9-16(14(13)2)19-11-10-18-12-15-7-3-4-8-17(15)19/h3-4,7-8,13-14,16,18H,5-6,9-12H2,1-2H3. The van der Waals surface area contributed by atoms with Crippen LogP contribution in [0.25, 0.3) is 0 Å². The molecule has 1 aliphatic carbocycles. The summed E-state index contributed by atoms with van der Waals surface area (Å²) in [5.74, 6) is 1.67. The van der Waals surface area contributed by atoms with Gasteiger partial charge in [-0.3, -0.25) is 0 Å². The minimum atomic E-state index is 0.727. The first-order chi connectivity index (χ1) is 9.27. The lowest BCUT2D eigenvalue weighted by molar-refractivity contribution is 0.230. The average Bonchev–Trinajstić information content (AvgIpc) is 2.64. The fourth-order valence-electron chi connectivity index (χ4n) is 3.82. The maximum atomic E-state index is 3.56. The summed E-state index contributed by atoms with van der Waals surface area (Å²) >= 11 is 0. The fraction of sp³-hybridized carbons (Fsp3) is 0.647. The van der Waals surface area contributed by atoms with E-state index in [1.54, 1.807) is 0 Å². The van der Waals surface area contributed by atoms with Crippen molar-refractivity contribution in [1.82, 2.24) is 5.32 Å². The number of hydrogen-bond acceptors (Lipinski definition) is 2. The molecule has 104 valence electrons. The topological polar surface area (TPSA) is 15.3 Å². The predicted octanol–water partition coefficient (Wildman–Crippen LogP) is 3.42. The second-order valence-electron chi connectivity index (χ2n) is 6.33. The van der Waals surface area contributed by atoms with Crippen LogP contribution in [0.4, 0.5) is 5.69 Å². The molecule has 1 aliphatic heterocycles. The van der Waals surface area contributed by atoms with Crippen LogP contribution in [0.1, 0.15) is 38.7 Å². The Hall–Kier alpha value is -1.02. The number of fused-ring (bicyclic) bond motifs is 1. The van der Waals surface area contributed by atoms with Gasteiger partial charge in [-0.2, -0.15) is 0 Å². The van der Waals surface area contributed by atoms with Crippen LogP contribution in [-0.4, -0.2) is 19.1 Å². The highest BCUT2D eigenvalue weighted by Gasteiger charge is 2.32. The van der Waals surface area contributed by atoms with Gasteiger partial charge in [0.05, 0.1) is 0 Å². The second-order valence-corrected chi connectivity index (χ2v) is 6.33. The summed E-state index contributed by atoms with van der Waals surface area (Å²) in [4.78, 5) is 2.69. The van der Waals surface area contributed by atoms with Crippen molar-refractivity contribution in [3.05, 3.63) is 29.8 Å². The van der Waals surface area contributed by atoms with E-state index in [0.29, 0.717) is 0 Å². The fourth-order valence-corrected chi connectivity index (χ4v) is 3.82. The zero-order chi connectivity index (χ0) is 13.2. The Morgan fingerprint density at radius 1 is 1.16 bits per heavy atom. The third-order valence-corrected chi connectivity index (χ3v) is 5.21. The van der Waals surface area contributed by atoms with Crippen molar-refractivity contribution in [1.29, 1.82) is 0 Å². The molecule has 1 fully saturated rings. The molecule has 0 bridgehead atoms. The molecule has 3 rings (SSSR count). The van der Waals surface area contributed by atoms with Crippen molar-refractivity contribution in [3.63, 3.8) is 0 Å². The SMILES string of the molecule is CC1CCCC(N2CCNCc3ccccc32)C1C. The second kappa shape index (κ2) is 5.54. The quantitative estimate of drug-likeness (QED) is 0.830. The molecule has 0 amide bonds. The van der Waals surface area contributed by atoms with Crippen molar-refractivity contribution >= 4 is 5.69 Å². The average molecular weight is 258 g/mol. The Balaban J connectivity index is 1.91. The van der Waals surface area contributed by atoms with Gasteiger partial charge in [0.25, 0.3) is 0 Å². The van der Waals surface area contributed by atoms with Crippen molar-refractivity contribution in [2.75, 3.05) is 18.0 Å². The molecule has 1 N–H and O–H groups in total. The summed E-state index contributed by atoms with van der Waals surface area (Å²) in [6, 6.07) is 9.67. The Morgan fingerprint density at radius 2 is 2.00 bits per heavy atom. The van der Waals surface area contributed by atoms with Crippen LogP contribution in [0.2, 0.25) is 0 Å². The van der Waals surface area contributed by atoms with E-state index in [1.165, 1.54) is 30.5 Å². The van der Waals surface area contributed by atoms with E-state index in [-0.39, 0.29) is 0 Å². The molecule has 0 spiro atoms. The molecule has 0 saturated heterocycles. The van der Waals surface area contributed by atoms with Crippen LogP contribution in [0.15, 0.2) is 24.3 Å². The van der Waals surface area contributed by atoms with Gasteiger partial charge in [-0.05, 0) is 29.9 Å². The van der Waals surface area contributed by atoms with Crippen LogP contribution in [-0.2, 0) is 6.54 Å². The van der Waals surface area contributed by atoms with Crippen LogP contribution in [0.5, 0.6) is 0 Å². The molecule has 0 radical (unpaired) electrons. The van der Waals surface area contributed by atoms with Gasteiger partial charge in [0.15, 0.2) is 0 Å². The van der Waals surface area contributed by atoms with Crippen LogP contribution in [0.3, 0.4) is 0 Å². The van der Waals surface area contributed by atoms with Crippen molar-refractivity contribution in [2.24, 2.45) is 11.8 Å². The number of benzene rings is 1. The minimum absolute atomic E-state index is 0.727. The van der Waals surface area contributed by atoms with Gasteiger partial charge in [-0.1, -0.05) is 44.9 Å². The highest BCUT2D eigenvalue weighted by Crippen LogP contribution is 2.36. The Kier molecular flexibility index (Phi) is 3.79. The van der Waals surface area contributed by atoms with Gasteiger partial charge in [0.2, 0.25) is 0 Å². The van der Waals surface area contributed by atoms with Crippen LogP contribution in [0, 0.1) is 11.8 Å². The lowest BCUT2D eigenvalue weighted by Gasteiger charge is -2.43. The van der Waals surface area contributed by atoms with Crippen molar-refractivity contribution < 1.29 is 0 Å². The van der Waals surface area contributed by atoms with Crippen LogP contribution < -0.4 is 10.2 Å². The minimum Gasteiger partial charge on any atom is -0.367 e. The molecule has 0 aromatic heterocycles. The van der Waals surface area contributed by atoms with Gasteiger partial charge in [-0.25, -0.2) is 0 Å². The molecule has 3 unspecified atom stereocenters. The van der Waals surface area contributed by atoms with Crippen molar-refractivity contribution in [3.8, 4) is 0 Å². The highest BCUT2D eigenvalue weighted by atomic mass is 15.2. The largest absolute Gasteiger partial charge is 0.367 e. The molecule has 1 aromatic rings. The van der Waals surface area contributed by atoms with Gasteiger partial charge >= 0.3 is 0 Å². The molecule has 1 heterocycles. The van der Waals surface area contributed by atoms with Crippen molar-refractivity contribution in [2.45, 2.75) is 45.7 Å². The first-order valence-corrected chi connectivity index (χ1v) is 7.82. The molecule has 3 atom stereocenters. The predicted molar refractivity (Wildman–Crippen MR) is 81.5 cm³/mol. The molecule has 2 aliphatic rings. The zero-order valence-electron chi connectivity index (χ0n) is 12.2. The Bertz CT molecular complexity index is 429. The first-order valence-electron chi connectivity index (χ1n) is 7.82. The lowest BCUT2D eigenvalue weighted by atomic mass is 9.77. The van der Waals surface area contributed by atoms with Gasteiger partial charge in [0, 0.05) is 31.4 Å². The number of nitrogens with zero attached hydrogens (tertiary/aromatic N) is 1. The van der Waals surface area contributed by atoms with Gasteiger partial charge < -0.3 is 10.2 Å². The Labute approximate surface area is 117 Å². The normalized spacial score (nSPS) is 31.7. The third kappa shape index (κ3) is 2.51. The van der Waals surface area contributed by atoms with E-state index in [1.807, 2.05) is 0 Å². The van der Waals surface area contributed by atoms with E-state index >= 15 is 0 Å². The summed E-state index contributed by atoms with van der Waals surface area (Å²) in [5.41, 5.74) is 2.93. The van der Waals surface area contributed by atoms with E-state index in [2.05, 4.69) is 48.3 Å². The molecular formula is C17H26N2. The molecule has 2 nitrogen and oxygen atoms in total. The van der Waals surface area contributed by atoms with Crippen LogP contribution >= 0.6 is 0 Å². The number of nitrogens with one attached hydrogen (secondary N) is 1. The van der Waals surface area contributed by atoms with E-state index in [0.717, 1.165) is 37.5 Å². The number of hydrogen-bond donors (Lipinski definition) is 1. The summed E-state index contributed by atoms with van der Waals surface area (Å²) in [6.45, 7) is 8.16. The number of rotatable bonds is 1. The van der Waals surface area contributed by atoms with Gasteiger partial charge in [-0.15, -0.1) is 0 Å².